The highest BCUT2D eigenvalue weighted by Gasteiger charge is 2.13. The summed E-state index contributed by atoms with van der Waals surface area (Å²) in [6.45, 7) is 3.90. The highest BCUT2D eigenvalue weighted by atomic mass is 32.1. The van der Waals surface area contributed by atoms with Crippen LogP contribution >= 0.6 is 11.3 Å². The van der Waals surface area contributed by atoms with Crippen molar-refractivity contribution in [1.82, 2.24) is 4.98 Å². The van der Waals surface area contributed by atoms with Gasteiger partial charge in [-0.2, -0.15) is 0 Å². The molecule has 1 aromatic heterocycles. The van der Waals surface area contributed by atoms with E-state index >= 15 is 0 Å². The molecule has 0 aliphatic rings. The van der Waals surface area contributed by atoms with E-state index in [0.29, 0.717) is 29.0 Å². The largest absolute Gasteiger partial charge is 0.493 e. The van der Waals surface area contributed by atoms with Gasteiger partial charge in [0.2, 0.25) is 0 Å². The molecule has 0 bridgehead atoms. The summed E-state index contributed by atoms with van der Waals surface area (Å²) in [4.78, 5) is 28.1. The van der Waals surface area contributed by atoms with Crippen molar-refractivity contribution in [2.75, 3.05) is 6.61 Å². The van der Waals surface area contributed by atoms with E-state index in [1.54, 1.807) is 41.9 Å². The van der Waals surface area contributed by atoms with Crippen LogP contribution in [0, 0.1) is 0 Å². The summed E-state index contributed by atoms with van der Waals surface area (Å²) in [5.41, 5.74) is 4.29. The van der Waals surface area contributed by atoms with Crippen LogP contribution in [0.25, 0.3) is 10.2 Å². The predicted octanol–water partition coefficient (Wildman–Crippen LogP) is 4.25. The van der Waals surface area contributed by atoms with Gasteiger partial charge in [0.15, 0.2) is 5.78 Å². The standard InChI is InChI=1S/C19H17NO4S/c1-3-23-17-7-5-13(12(2)21)8-15(17)10-24-19(22)14-4-6-16-18(9-14)25-11-20-16/h4-9,11H,3,10H2,1-2H3. The quantitative estimate of drug-likeness (QED) is 0.488. The molecule has 3 aromatic rings. The molecule has 5 nitrogen and oxygen atoms in total. The second-order valence-corrected chi connectivity index (χ2v) is 6.31. The topological polar surface area (TPSA) is 65.5 Å². The second kappa shape index (κ2) is 7.44. The Bertz CT molecular complexity index is 932. The number of hydrogen-bond donors (Lipinski definition) is 0. The lowest BCUT2D eigenvalue weighted by Crippen LogP contribution is -2.07. The van der Waals surface area contributed by atoms with Crippen LogP contribution in [-0.2, 0) is 11.3 Å². The van der Waals surface area contributed by atoms with Crippen LogP contribution in [0.15, 0.2) is 41.9 Å². The number of carbonyl (C=O) groups is 2. The maximum Gasteiger partial charge on any atom is 0.338 e. The van der Waals surface area contributed by atoms with Crippen LogP contribution in [0.3, 0.4) is 0 Å². The molecule has 2 aromatic carbocycles. The van der Waals surface area contributed by atoms with Crippen molar-refractivity contribution in [2.45, 2.75) is 20.5 Å². The van der Waals surface area contributed by atoms with Crippen molar-refractivity contribution in [3.63, 3.8) is 0 Å². The van der Waals surface area contributed by atoms with Crippen LogP contribution in [-0.4, -0.2) is 23.3 Å². The van der Waals surface area contributed by atoms with Gasteiger partial charge >= 0.3 is 5.97 Å². The number of carbonyl (C=O) groups excluding carboxylic acids is 2. The van der Waals surface area contributed by atoms with Crippen molar-refractivity contribution in [3.8, 4) is 5.75 Å². The number of Topliss-reactive ketones (excluding diaryl/α,β-unsaturated/α-hetero) is 1. The number of aromatic nitrogens is 1. The lowest BCUT2D eigenvalue weighted by molar-refractivity contribution is 0.0470. The van der Waals surface area contributed by atoms with E-state index in [2.05, 4.69) is 4.98 Å². The smallest absolute Gasteiger partial charge is 0.338 e. The lowest BCUT2D eigenvalue weighted by Gasteiger charge is -2.12. The third-order valence-electron chi connectivity index (χ3n) is 3.69. The first-order valence-electron chi connectivity index (χ1n) is 7.85. The molecule has 0 amide bonds. The molecule has 0 aliphatic carbocycles. The van der Waals surface area contributed by atoms with E-state index in [4.69, 9.17) is 9.47 Å². The molecule has 0 fully saturated rings. The van der Waals surface area contributed by atoms with E-state index in [9.17, 15) is 9.59 Å². The molecule has 0 unspecified atom stereocenters. The van der Waals surface area contributed by atoms with Gasteiger partial charge in [0.1, 0.15) is 12.4 Å². The Morgan fingerprint density at radius 3 is 2.68 bits per heavy atom. The number of ketones is 1. The number of esters is 1. The highest BCUT2D eigenvalue weighted by Crippen LogP contribution is 2.23. The molecule has 6 heteroatoms. The fourth-order valence-electron chi connectivity index (χ4n) is 2.42. The van der Waals surface area contributed by atoms with Gasteiger partial charge in [0.05, 0.1) is 27.9 Å². The van der Waals surface area contributed by atoms with Crippen LogP contribution < -0.4 is 4.74 Å². The van der Waals surface area contributed by atoms with Crippen molar-refractivity contribution >= 4 is 33.3 Å². The van der Waals surface area contributed by atoms with Crippen LogP contribution in [0.5, 0.6) is 5.75 Å². The minimum atomic E-state index is -0.425. The fraction of sp³-hybridized carbons (Fsp3) is 0.211. The van der Waals surface area contributed by atoms with Gasteiger partial charge in [-0.05, 0) is 50.2 Å². The maximum absolute atomic E-state index is 12.3. The van der Waals surface area contributed by atoms with Gasteiger partial charge in [-0.3, -0.25) is 4.79 Å². The molecule has 0 saturated heterocycles. The fourth-order valence-corrected chi connectivity index (χ4v) is 3.13. The first-order chi connectivity index (χ1) is 12.1. The minimum absolute atomic E-state index is 0.0377. The first-order valence-corrected chi connectivity index (χ1v) is 8.73. The molecule has 25 heavy (non-hydrogen) atoms. The number of fused-ring (bicyclic) bond motifs is 1. The van der Waals surface area contributed by atoms with Gasteiger partial charge in [-0.1, -0.05) is 0 Å². The zero-order valence-corrected chi connectivity index (χ0v) is 14.8. The Morgan fingerprint density at radius 1 is 1.12 bits per heavy atom. The number of rotatable bonds is 6. The Kier molecular flexibility index (Phi) is 5.09. The Hall–Kier alpha value is -2.73. The summed E-state index contributed by atoms with van der Waals surface area (Å²) >= 11 is 1.47. The van der Waals surface area contributed by atoms with E-state index in [1.807, 2.05) is 6.92 Å². The summed E-state index contributed by atoms with van der Waals surface area (Å²) < 4.78 is 11.9. The number of thiazole rings is 1. The van der Waals surface area contributed by atoms with Crippen molar-refractivity contribution in [2.24, 2.45) is 0 Å². The van der Waals surface area contributed by atoms with Crippen LogP contribution in [0.1, 0.15) is 40.1 Å². The number of benzene rings is 2. The lowest BCUT2D eigenvalue weighted by atomic mass is 10.1. The van der Waals surface area contributed by atoms with Crippen molar-refractivity contribution < 1.29 is 19.1 Å². The molecular weight excluding hydrogens is 338 g/mol. The Labute approximate surface area is 149 Å². The Morgan fingerprint density at radius 2 is 1.92 bits per heavy atom. The van der Waals surface area contributed by atoms with Gasteiger partial charge in [0.25, 0.3) is 0 Å². The number of ether oxygens (including phenoxy) is 2. The van der Waals surface area contributed by atoms with E-state index < -0.39 is 5.97 Å². The molecule has 0 radical (unpaired) electrons. The average molecular weight is 355 g/mol. The molecule has 0 atom stereocenters. The summed E-state index contributed by atoms with van der Waals surface area (Å²) in [6.07, 6.45) is 0. The molecular formula is C19H17NO4S. The number of hydrogen-bond acceptors (Lipinski definition) is 6. The Balaban J connectivity index is 1.78. The first kappa shape index (κ1) is 17.1. The van der Waals surface area contributed by atoms with Crippen LogP contribution in [0.4, 0.5) is 0 Å². The second-order valence-electron chi connectivity index (χ2n) is 5.42. The van der Waals surface area contributed by atoms with Crippen molar-refractivity contribution in [3.05, 3.63) is 58.6 Å². The molecule has 3 rings (SSSR count). The summed E-state index contributed by atoms with van der Waals surface area (Å²) in [7, 11) is 0. The van der Waals surface area contributed by atoms with Gasteiger partial charge in [-0.25, -0.2) is 9.78 Å². The zero-order chi connectivity index (χ0) is 17.8. The van der Waals surface area contributed by atoms with Crippen LogP contribution in [0.2, 0.25) is 0 Å². The summed E-state index contributed by atoms with van der Waals surface area (Å²) in [6, 6.07) is 10.4. The maximum atomic E-state index is 12.3. The molecule has 0 N–H and O–H groups in total. The SMILES string of the molecule is CCOc1ccc(C(C)=O)cc1COC(=O)c1ccc2ncsc2c1. The number of nitrogens with zero attached hydrogens (tertiary/aromatic N) is 1. The molecule has 1 heterocycles. The van der Waals surface area contributed by atoms with E-state index in [1.165, 1.54) is 18.3 Å². The molecule has 0 spiro atoms. The summed E-state index contributed by atoms with van der Waals surface area (Å²) in [5, 5.41) is 0. The summed E-state index contributed by atoms with van der Waals surface area (Å²) in [5.74, 6) is 0.135. The monoisotopic (exact) mass is 355 g/mol. The third kappa shape index (κ3) is 3.85. The van der Waals surface area contributed by atoms with Gasteiger partial charge in [-0.15, -0.1) is 11.3 Å². The van der Waals surface area contributed by atoms with E-state index in [-0.39, 0.29) is 12.4 Å². The van der Waals surface area contributed by atoms with E-state index in [0.717, 1.165) is 10.2 Å². The molecule has 128 valence electrons. The normalized spacial score (nSPS) is 10.6. The average Bonchev–Trinajstić information content (AvgIpc) is 3.08. The predicted molar refractivity (Wildman–Crippen MR) is 96.4 cm³/mol. The molecule has 0 aliphatic heterocycles. The zero-order valence-electron chi connectivity index (χ0n) is 13.9. The van der Waals surface area contributed by atoms with Crippen molar-refractivity contribution in [1.29, 1.82) is 0 Å². The highest BCUT2D eigenvalue weighted by molar-refractivity contribution is 7.16. The van der Waals surface area contributed by atoms with Gasteiger partial charge in [0, 0.05) is 11.1 Å². The third-order valence-corrected chi connectivity index (χ3v) is 4.48. The van der Waals surface area contributed by atoms with Gasteiger partial charge < -0.3 is 9.47 Å². The minimum Gasteiger partial charge on any atom is -0.493 e. The molecule has 0 saturated carbocycles.